The van der Waals surface area contributed by atoms with E-state index in [4.69, 9.17) is 0 Å². The van der Waals surface area contributed by atoms with Gasteiger partial charge in [-0.1, -0.05) is 45.8 Å². The fourth-order valence-electron chi connectivity index (χ4n) is 2.42. The van der Waals surface area contributed by atoms with E-state index in [1.54, 1.807) is 30.3 Å². The van der Waals surface area contributed by atoms with Gasteiger partial charge in [0.25, 0.3) is 5.91 Å². The topological polar surface area (TPSA) is 63.2 Å². The predicted molar refractivity (Wildman–Crippen MR) is 94.6 cm³/mol. The van der Waals surface area contributed by atoms with Gasteiger partial charge < -0.3 is 5.32 Å². The molecule has 3 rings (SSSR count). The van der Waals surface area contributed by atoms with Crippen LogP contribution >= 0.6 is 15.9 Å². The Morgan fingerprint density at radius 3 is 2.52 bits per heavy atom. The standard InChI is InChI=1S/C17H14BrNO3S/c1-11-2-4-12(5-3-11)9-23(21,22)10-15-14-8-13(18)6-7-16(14)19-17(15)20/h2-8,10H,9H2,1H3,(H,19,20). The molecule has 0 radical (unpaired) electrons. The summed E-state index contributed by atoms with van der Waals surface area (Å²) in [5, 5.41) is 3.75. The fraction of sp³-hybridized carbons (Fsp3) is 0.118. The van der Waals surface area contributed by atoms with Gasteiger partial charge in [0.15, 0.2) is 9.84 Å². The molecule has 1 heterocycles. The average molecular weight is 392 g/mol. The van der Waals surface area contributed by atoms with E-state index in [-0.39, 0.29) is 11.3 Å². The van der Waals surface area contributed by atoms with Crippen LogP contribution in [0.1, 0.15) is 16.7 Å². The monoisotopic (exact) mass is 391 g/mol. The first-order chi connectivity index (χ1) is 10.8. The minimum Gasteiger partial charge on any atom is -0.321 e. The molecule has 0 aliphatic carbocycles. The number of nitrogens with one attached hydrogen (secondary N) is 1. The second kappa shape index (κ2) is 5.94. The Kier molecular flexibility index (Phi) is 4.12. The van der Waals surface area contributed by atoms with Crippen LogP contribution in [0.4, 0.5) is 5.69 Å². The van der Waals surface area contributed by atoms with Crippen LogP contribution in [0.5, 0.6) is 0 Å². The van der Waals surface area contributed by atoms with Crippen LogP contribution in [-0.2, 0) is 20.4 Å². The number of hydrogen-bond acceptors (Lipinski definition) is 3. The number of aryl methyl sites for hydroxylation is 1. The Morgan fingerprint density at radius 2 is 1.83 bits per heavy atom. The van der Waals surface area contributed by atoms with Gasteiger partial charge >= 0.3 is 0 Å². The molecule has 118 valence electrons. The van der Waals surface area contributed by atoms with Gasteiger partial charge in [-0.25, -0.2) is 8.42 Å². The molecule has 2 aromatic rings. The van der Waals surface area contributed by atoms with Crippen molar-refractivity contribution in [3.63, 3.8) is 0 Å². The third-order valence-corrected chi connectivity index (χ3v) is 5.37. The number of amides is 1. The number of sulfone groups is 1. The highest BCUT2D eigenvalue weighted by molar-refractivity contribution is 9.10. The lowest BCUT2D eigenvalue weighted by Crippen LogP contribution is -2.07. The molecule has 0 unspecified atom stereocenters. The van der Waals surface area contributed by atoms with E-state index in [2.05, 4.69) is 21.2 Å². The summed E-state index contributed by atoms with van der Waals surface area (Å²) in [7, 11) is -3.56. The summed E-state index contributed by atoms with van der Waals surface area (Å²) >= 11 is 3.34. The molecule has 0 atom stereocenters. The number of anilines is 1. The SMILES string of the molecule is Cc1ccc(CS(=O)(=O)C=C2C(=O)Nc3ccc(Br)cc32)cc1. The van der Waals surface area contributed by atoms with Crippen LogP contribution in [0.25, 0.3) is 5.57 Å². The van der Waals surface area contributed by atoms with Crippen molar-refractivity contribution in [1.29, 1.82) is 0 Å². The van der Waals surface area contributed by atoms with E-state index in [0.29, 0.717) is 16.8 Å². The zero-order chi connectivity index (χ0) is 16.6. The van der Waals surface area contributed by atoms with Gasteiger partial charge in [0.05, 0.1) is 11.3 Å². The lowest BCUT2D eigenvalue weighted by atomic mass is 10.1. The molecule has 2 aromatic carbocycles. The van der Waals surface area contributed by atoms with Gasteiger partial charge in [0.2, 0.25) is 0 Å². The highest BCUT2D eigenvalue weighted by Gasteiger charge is 2.26. The van der Waals surface area contributed by atoms with Crippen molar-refractivity contribution in [3.8, 4) is 0 Å². The van der Waals surface area contributed by atoms with Crippen molar-refractivity contribution in [2.24, 2.45) is 0 Å². The molecule has 0 aromatic heterocycles. The quantitative estimate of drug-likeness (QED) is 0.811. The lowest BCUT2D eigenvalue weighted by molar-refractivity contribution is -0.110. The number of halogens is 1. The number of fused-ring (bicyclic) bond motifs is 1. The van der Waals surface area contributed by atoms with E-state index in [1.807, 2.05) is 19.1 Å². The first-order valence-electron chi connectivity index (χ1n) is 6.95. The molecule has 1 aliphatic rings. The summed E-state index contributed by atoms with van der Waals surface area (Å²) < 4.78 is 25.6. The van der Waals surface area contributed by atoms with E-state index >= 15 is 0 Å². The van der Waals surface area contributed by atoms with Crippen LogP contribution in [0, 0.1) is 6.92 Å². The first-order valence-corrected chi connectivity index (χ1v) is 9.46. The summed E-state index contributed by atoms with van der Waals surface area (Å²) in [5.74, 6) is -0.529. The van der Waals surface area contributed by atoms with Crippen molar-refractivity contribution >= 4 is 42.9 Å². The van der Waals surface area contributed by atoms with E-state index in [1.165, 1.54) is 0 Å². The smallest absolute Gasteiger partial charge is 0.257 e. The predicted octanol–water partition coefficient (Wildman–Crippen LogP) is 3.67. The van der Waals surface area contributed by atoms with Crippen molar-refractivity contribution < 1.29 is 13.2 Å². The van der Waals surface area contributed by atoms with Gasteiger partial charge in [-0.05, 0) is 30.7 Å². The van der Waals surface area contributed by atoms with Gasteiger partial charge in [-0.2, -0.15) is 0 Å². The maximum Gasteiger partial charge on any atom is 0.257 e. The van der Waals surface area contributed by atoms with E-state index in [0.717, 1.165) is 15.4 Å². The third kappa shape index (κ3) is 3.54. The van der Waals surface area contributed by atoms with Crippen LogP contribution in [0.15, 0.2) is 52.3 Å². The van der Waals surface area contributed by atoms with Crippen molar-refractivity contribution in [2.75, 3.05) is 5.32 Å². The molecule has 0 saturated carbocycles. The Bertz CT molecular complexity index is 915. The van der Waals surface area contributed by atoms with Gasteiger partial charge in [0.1, 0.15) is 0 Å². The molecule has 1 amide bonds. The molecule has 1 N–H and O–H groups in total. The molecule has 0 spiro atoms. The van der Waals surface area contributed by atoms with Crippen molar-refractivity contribution in [3.05, 3.63) is 69.0 Å². The third-order valence-electron chi connectivity index (χ3n) is 3.55. The molecule has 1 aliphatic heterocycles. The molecule has 0 saturated heterocycles. The van der Waals surface area contributed by atoms with E-state index in [9.17, 15) is 13.2 Å². The fourth-order valence-corrected chi connectivity index (χ4v) is 4.11. The second-order valence-corrected chi connectivity index (χ2v) is 8.23. The largest absolute Gasteiger partial charge is 0.321 e. The molecule has 6 heteroatoms. The Morgan fingerprint density at radius 1 is 1.13 bits per heavy atom. The Hall–Kier alpha value is -1.92. The average Bonchev–Trinajstić information content (AvgIpc) is 2.77. The van der Waals surface area contributed by atoms with E-state index < -0.39 is 15.7 Å². The molecule has 0 fully saturated rings. The van der Waals surface area contributed by atoms with Crippen LogP contribution < -0.4 is 5.32 Å². The number of benzene rings is 2. The summed E-state index contributed by atoms with van der Waals surface area (Å²) in [6, 6.07) is 12.6. The second-order valence-electron chi connectivity index (χ2n) is 5.47. The molecule has 4 nitrogen and oxygen atoms in total. The zero-order valence-corrected chi connectivity index (χ0v) is 14.7. The molecule has 0 bridgehead atoms. The Balaban J connectivity index is 1.96. The number of hydrogen-bond donors (Lipinski definition) is 1. The highest BCUT2D eigenvalue weighted by atomic mass is 79.9. The number of carbonyl (C=O) groups is 1. The summed E-state index contributed by atoms with van der Waals surface area (Å²) in [4.78, 5) is 12.1. The zero-order valence-electron chi connectivity index (χ0n) is 12.3. The lowest BCUT2D eigenvalue weighted by Gasteiger charge is -2.03. The maximum absolute atomic E-state index is 12.4. The van der Waals surface area contributed by atoms with Crippen LogP contribution in [0.2, 0.25) is 0 Å². The summed E-state index contributed by atoms with van der Waals surface area (Å²) in [6.45, 7) is 1.94. The van der Waals surface area contributed by atoms with Gasteiger partial charge in [0, 0.05) is 21.1 Å². The first kappa shape index (κ1) is 16.0. The number of rotatable bonds is 3. The van der Waals surface area contributed by atoms with Crippen LogP contribution in [0.3, 0.4) is 0 Å². The highest BCUT2D eigenvalue weighted by Crippen LogP contribution is 2.34. The molecular weight excluding hydrogens is 378 g/mol. The van der Waals surface area contributed by atoms with Gasteiger partial charge in [-0.15, -0.1) is 0 Å². The molecular formula is C17H14BrNO3S. The van der Waals surface area contributed by atoms with Crippen molar-refractivity contribution in [1.82, 2.24) is 0 Å². The van der Waals surface area contributed by atoms with Crippen molar-refractivity contribution in [2.45, 2.75) is 12.7 Å². The normalized spacial score (nSPS) is 15.6. The summed E-state index contributed by atoms with van der Waals surface area (Å²) in [5.41, 5.74) is 3.15. The molecule has 23 heavy (non-hydrogen) atoms. The Labute approximate surface area is 143 Å². The summed E-state index contributed by atoms with van der Waals surface area (Å²) in [6.07, 6.45) is 0. The number of carbonyl (C=O) groups excluding carboxylic acids is 1. The minimum absolute atomic E-state index is 0.132. The van der Waals surface area contributed by atoms with Crippen LogP contribution in [-0.4, -0.2) is 14.3 Å². The van der Waals surface area contributed by atoms with Gasteiger partial charge in [-0.3, -0.25) is 4.79 Å². The maximum atomic E-state index is 12.4. The minimum atomic E-state index is -3.56.